The van der Waals surface area contributed by atoms with Crippen LogP contribution in [-0.4, -0.2) is 40.0 Å². The lowest BCUT2D eigenvalue weighted by Gasteiger charge is -2.33. The Labute approximate surface area is 192 Å². The van der Waals surface area contributed by atoms with E-state index in [2.05, 4.69) is 25.6 Å². The van der Waals surface area contributed by atoms with E-state index >= 15 is 0 Å². The van der Waals surface area contributed by atoms with E-state index in [-0.39, 0.29) is 13.0 Å². The van der Waals surface area contributed by atoms with Gasteiger partial charge in [0.05, 0.1) is 6.61 Å². The van der Waals surface area contributed by atoms with E-state index in [1.807, 2.05) is 6.08 Å². The second-order valence-electron chi connectivity index (χ2n) is 9.65. The molecule has 174 valence electrons. The topological polar surface area (TPSA) is 79.6 Å². The number of unbranched alkanes of at least 4 members (excludes halogenated alkanes) is 1. The predicted octanol–water partition coefficient (Wildman–Crippen LogP) is 5.42. The Morgan fingerprint density at radius 3 is 2.74 bits per heavy atom. The molecule has 2 atom stereocenters. The maximum absolute atomic E-state index is 11.2. The molecule has 0 radical (unpaired) electrons. The summed E-state index contributed by atoms with van der Waals surface area (Å²) in [5, 5.41) is 21.2. The molecule has 0 saturated heterocycles. The SMILES string of the molecule is C=C(CC(O)(CO)C(N)CSCC1CCC1)c1cc(CCC2CC2)oc1/C=C\CCC. The zero-order chi connectivity index (χ0) is 22.3. The Bertz CT molecular complexity index is 735. The Kier molecular flexibility index (Phi) is 9.32. The molecule has 1 aromatic rings. The van der Waals surface area contributed by atoms with E-state index in [1.165, 1.54) is 38.5 Å². The number of hydrogen-bond acceptors (Lipinski definition) is 5. The molecule has 2 aliphatic carbocycles. The van der Waals surface area contributed by atoms with Crippen LogP contribution >= 0.6 is 11.8 Å². The van der Waals surface area contributed by atoms with Gasteiger partial charge in [-0.3, -0.25) is 0 Å². The number of hydrogen-bond donors (Lipinski definition) is 3. The molecule has 31 heavy (non-hydrogen) atoms. The molecule has 2 unspecified atom stereocenters. The van der Waals surface area contributed by atoms with Gasteiger partial charge in [0, 0.05) is 30.2 Å². The third kappa shape index (κ3) is 7.24. The highest BCUT2D eigenvalue weighted by atomic mass is 32.2. The zero-order valence-corrected chi connectivity index (χ0v) is 20.0. The molecule has 0 aliphatic heterocycles. The molecule has 5 heteroatoms. The van der Waals surface area contributed by atoms with E-state index in [1.54, 1.807) is 11.8 Å². The third-order valence-electron chi connectivity index (χ3n) is 6.77. The monoisotopic (exact) mass is 447 g/mol. The highest BCUT2D eigenvalue weighted by Crippen LogP contribution is 2.36. The molecule has 2 fully saturated rings. The molecule has 2 aliphatic rings. The molecule has 3 rings (SSSR count). The van der Waals surface area contributed by atoms with Gasteiger partial charge < -0.3 is 20.4 Å². The van der Waals surface area contributed by atoms with Gasteiger partial charge in [-0.05, 0) is 61.0 Å². The lowest BCUT2D eigenvalue weighted by atomic mass is 9.87. The van der Waals surface area contributed by atoms with Crippen molar-refractivity contribution in [1.29, 1.82) is 0 Å². The fraction of sp³-hybridized carbons (Fsp3) is 0.692. The Hall–Kier alpha value is -1.01. The lowest BCUT2D eigenvalue weighted by molar-refractivity contribution is -0.0250. The summed E-state index contributed by atoms with van der Waals surface area (Å²) in [7, 11) is 0. The molecule has 0 amide bonds. The molecular formula is C26H41NO3S. The first-order valence-corrected chi connectivity index (χ1v) is 13.2. The van der Waals surface area contributed by atoms with Crippen LogP contribution in [0.5, 0.6) is 0 Å². The number of thioether (sulfide) groups is 1. The highest BCUT2D eigenvalue weighted by molar-refractivity contribution is 7.99. The second-order valence-corrected chi connectivity index (χ2v) is 10.7. The van der Waals surface area contributed by atoms with E-state index in [0.29, 0.717) is 5.75 Å². The summed E-state index contributed by atoms with van der Waals surface area (Å²) < 4.78 is 6.15. The first-order valence-electron chi connectivity index (χ1n) is 12.1. The van der Waals surface area contributed by atoms with Crippen LogP contribution < -0.4 is 5.73 Å². The molecular weight excluding hydrogens is 406 g/mol. The quantitative estimate of drug-likeness (QED) is 0.334. The summed E-state index contributed by atoms with van der Waals surface area (Å²) in [5.74, 6) is 5.17. The molecule has 0 bridgehead atoms. The number of aliphatic hydroxyl groups is 2. The normalized spacial score (nSPS) is 20.0. The van der Waals surface area contributed by atoms with Gasteiger partial charge in [-0.1, -0.05) is 45.3 Å². The summed E-state index contributed by atoms with van der Waals surface area (Å²) in [6, 6.07) is 1.57. The molecule has 1 aromatic heterocycles. The number of aliphatic hydroxyl groups excluding tert-OH is 1. The van der Waals surface area contributed by atoms with Gasteiger partial charge in [0.15, 0.2) is 0 Å². The lowest BCUT2D eigenvalue weighted by Crippen LogP contribution is -2.52. The Morgan fingerprint density at radius 1 is 1.35 bits per heavy atom. The van der Waals surface area contributed by atoms with Crippen molar-refractivity contribution < 1.29 is 14.6 Å². The molecule has 4 N–H and O–H groups in total. The van der Waals surface area contributed by atoms with E-state index < -0.39 is 11.6 Å². The average Bonchev–Trinajstić information content (AvgIpc) is 3.47. The second kappa shape index (κ2) is 11.7. The number of furan rings is 1. The summed E-state index contributed by atoms with van der Waals surface area (Å²) in [5.41, 5.74) is 6.68. The number of aryl methyl sites for hydroxylation is 1. The van der Waals surface area contributed by atoms with Crippen molar-refractivity contribution >= 4 is 23.4 Å². The minimum atomic E-state index is -1.38. The van der Waals surface area contributed by atoms with Crippen LogP contribution in [0.1, 0.15) is 81.8 Å². The largest absolute Gasteiger partial charge is 0.461 e. The van der Waals surface area contributed by atoms with Gasteiger partial charge in [0.2, 0.25) is 0 Å². The van der Waals surface area contributed by atoms with Crippen LogP contribution in [0.4, 0.5) is 0 Å². The Balaban J connectivity index is 1.64. The van der Waals surface area contributed by atoms with Gasteiger partial charge in [-0.2, -0.15) is 11.8 Å². The number of allylic oxidation sites excluding steroid dienone is 1. The fourth-order valence-electron chi connectivity index (χ4n) is 4.04. The van der Waals surface area contributed by atoms with Crippen LogP contribution in [0.2, 0.25) is 0 Å². The summed E-state index contributed by atoms with van der Waals surface area (Å²) in [6.07, 6.45) is 15.2. The van der Waals surface area contributed by atoms with Crippen LogP contribution in [0, 0.1) is 11.8 Å². The van der Waals surface area contributed by atoms with Crippen molar-refractivity contribution in [2.24, 2.45) is 17.6 Å². The van der Waals surface area contributed by atoms with Crippen LogP contribution in [0.15, 0.2) is 23.1 Å². The molecule has 2 saturated carbocycles. The van der Waals surface area contributed by atoms with Crippen LogP contribution in [0.3, 0.4) is 0 Å². The first-order chi connectivity index (χ1) is 14.9. The predicted molar refractivity (Wildman–Crippen MR) is 132 cm³/mol. The van der Waals surface area contributed by atoms with Crippen LogP contribution in [-0.2, 0) is 6.42 Å². The first kappa shape index (κ1) is 24.6. The summed E-state index contributed by atoms with van der Waals surface area (Å²) in [6.45, 7) is 6.04. The van der Waals surface area contributed by atoms with E-state index in [0.717, 1.165) is 59.5 Å². The molecule has 1 heterocycles. The van der Waals surface area contributed by atoms with Crippen molar-refractivity contribution in [1.82, 2.24) is 0 Å². The highest BCUT2D eigenvalue weighted by Gasteiger charge is 2.35. The number of rotatable bonds is 15. The van der Waals surface area contributed by atoms with Gasteiger partial charge in [-0.25, -0.2) is 0 Å². The third-order valence-corrected chi connectivity index (χ3v) is 8.07. The summed E-state index contributed by atoms with van der Waals surface area (Å²) >= 11 is 1.79. The van der Waals surface area contributed by atoms with Crippen molar-refractivity contribution in [3.05, 3.63) is 35.8 Å². The zero-order valence-electron chi connectivity index (χ0n) is 19.2. The Morgan fingerprint density at radius 2 is 2.13 bits per heavy atom. The van der Waals surface area contributed by atoms with Crippen molar-refractivity contribution in [3.63, 3.8) is 0 Å². The number of nitrogens with two attached hydrogens (primary N) is 1. The van der Waals surface area contributed by atoms with Crippen molar-refractivity contribution in [2.45, 2.75) is 82.8 Å². The average molecular weight is 448 g/mol. The van der Waals surface area contributed by atoms with E-state index in [9.17, 15) is 10.2 Å². The maximum Gasteiger partial charge on any atom is 0.134 e. The van der Waals surface area contributed by atoms with Crippen molar-refractivity contribution in [3.8, 4) is 0 Å². The minimum absolute atomic E-state index is 0.241. The van der Waals surface area contributed by atoms with Crippen molar-refractivity contribution in [2.75, 3.05) is 18.1 Å². The molecule has 4 nitrogen and oxygen atoms in total. The summed E-state index contributed by atoms with van der Waals surface area (Å²) in [4.78, 5) is 0. The van der Waals surface area contributed by atoms with Crippen LogP contribution in [0.25, 0.3) is 11.6 Å². The fourth-order valence-corrected chi connectivity index (χ4v) is 5.40. The van der Waals surface area contributed by atoms with Gasteiger partial charge in [-0.15, -0.1) is 0 Å². The molecule has 0 aromatic carbocycles. The van der Waals surface area contributed by atoms with E-state index in [4.69, 9.17) is 10.2 Å². The van der Waals surface area contributed by atoms with Gasteiger partial charge in [0.25, 0.3) is 0 Å². The van der Waals surface area contributed by atoms with Gasteiger partial charge in [0.1, 0.15) is 17.1 Å². The maximum atomic E-state index is 11.2. The smallest absolute Gasteiger partial charge is 0.134 e. The minimum Gasteiger partial charge on any atom is -0.461 e. The standard InChI is InChI=1S/C26H41NO3S/c1-3-4-5-9-24-23(14-22(30-24)13-12-20-10-11-20)19(2)15-26(29,18-28)25(27)17-31-16-21-7-6-8-21/h5,9,14,20-21,25,28-29H,2-4,6-8,10-13,15-18,27H2,1H3/b9-5-. The molecule has 0 spiro atoms. The van der Waals surface area contributed by atoms with Gasteiger partial charge >= 0.3 is 0 Å².